The highest BCUT2D eigenvalue weighted by Gasteiger charge is 1.98. The van der Waals surface area contributed by atoms with Gasteiger partial charge in [-0.25, -0.2) is 0 Å². The number of halogens is 2. The van der Waals surface area contributed by atoms with Gasteiger partial charge in [-0.05, 0) is 24.6 Å². The molecule has 0 atom stereocenters. The molecule has 0 N–H and O–H groups in total. The fourth-order valence-corrected chi connectivity index (χ4v) is 1.25. The molecule has 0 fully saturated rings. The lowest BCUT2D eigenvalue weighted by molar-refractivity contribution is 0.385. The maximum atomic E-state index is 5.42. The molecule has 0 bridgehead atoms. The van der Waals surface area contributed by atoms with Crippen LogP contribution in [-0.2, 0) is 0 Å². The zero-order valence-electron chi connectivity index (χ0n) is 6.10. The summed E-state index contributed by atoms with van der Waals surface area (Å²) in [7, 11) is 0. The topological polar surface area (TPSA) is 9.23 Å². The van der Waals surface area contributed by atoms with Crippen LogP contribution < -0.4 is 4.74 Å². The predicted molar refractivity (Wildman–Crippen MR) is 50.2 cm³/mol. The Morgan fingerprint density at radius 2 is 2.27 bits per heavy atom. The van der Waals surface area contributed by atoms with Gasteiger partial charge in [0.15, 0.2) is 6.07 Å². The van der Waals surface area contributed by atoms with Crippen LogP contribution in [0.25, 0.3) is 0 Å². The number of hydrogen-bond acceptors (Lipinski definition) is 1. The van der Waals surface area contributed by atoms with E-state index in [1.54, 1.807) is 0 Å². The molecule has 60 valence electrons. The van der Waals surface area contributed by atoms with Crippen molar-refractivity contribution < 1.29 is 4.74 Å². The second-order valence-electron chi connectivity index (χ2n) is 2.16. The van der Waals surface area contributed by atoms with E-state index in [4.69, 9.17) is 16.3 Å². The van der Waals surface area contributed by atoms with E-state index < -0.39 is 0 Å². The van der Waals surface area contributed by atoms with E-state index in [9.17, 15) is 0 Å². The molecule has 0 aromatic heterocycles. The van der Waals surface area contributed by atoms with E-state index in [1.807, 2.05) is 25.1 Å². The third-order valence-corrected chi connectivity index (χ3v) is 1.96. The van der Waals surface area contributed by atoms with Crippen LogP contribution in [0.3, 0.4) is 0 Å². The van der Waals surface area contributed by atoms with Crippen LogP contribution in [-0.4, -0.2) is 6.07 Å². The molecule has 1 nitrogen and oxygen atoms in total. The standard InChI is InChI=1S/C8H8BrClO/c1-6-2-3-7(9)4-8(6)11-5-10/h2-4H,5H2,1H3. The van der Waals surface area contributed by atoms with Crippen LogP contribution in [0.15, 0.2) is 22.7 Å². The first-order chi connectivity index (χ1) is 5.24. The molecule has 1 aromatic carbocycles. The highest BCUT2D eigenvalue weighted by Crippen LogP contribution is 2.22. The van der Waals surface area contributed by atoms with Crippen molar-refractivity contribution in [3.05, 3.63) is 28.2 Å². The molecule has 0 radical (unpaired) electrons. The molecular formula is C8H8BrClO. The monoisotopic (exact) mass is 234 g/mol. The van der Waals surface area contributed by atoms with Gasteiger partial charge < -0.3 is 4.74 Å². The molecule has 0 aliphatic rings. The van der Waals surface area contributed by atoms with Gasteiger partial charge >= 0.3 is 0 Å². The fourth-order valence-electron chi connectivity index (χ4n) is 0.788. The summed E-state index contributed by atoms with van der Waals surface area (Å²) in [5, 5.41) is 0. The first-order valence-corrected chi connectivity index (χ1v) is 4.51. The van der Waals surface area contributed by atoms with Gasteiger partial charge in [0.2, 0.25) is 0 Å². The molecule has 0 unspecified atom stereocenters. The summed E-state index contributed by atoms with van der Waals surface area (Å²) in [6.07, 6.45) is 0. The molecule has 0 aliphatic carbocycles. The van der Waals surface area contributed by atoms with Crippen molar-refractivity contribution in [1.29, 1.82) is 0 Å². The van der Waals surface area contributed by atoms with Crippen molar-refractivity contribution in [1.82, 2.24) is 0 Å². The van der Waals surface area contributed by atoms with Crippen LogP contribution in [0.1, 0.15) is 5.56 Å². The van der Waals surface area contributed by atoms with Crippen LogP contribution in [0, 0.1) is 6.92 Å². The Kier molecular flexibility index (Phi) is 3.21. The Morgan fingerprint density at radius 1 is 1.55 bits per heavy atom. The quantitative estimate of drug-likeness (QED) is 0.715. The highest BCUT2D eigenvalue weighted by molar-refractivity contribution is 9.10. The minimum Gasteiger partial charge on any atom is -0.478 e. The van der Waals surface area contributed by atoms with Crippen molar-refractivity contribution in [2.45, 2.75) is 6.92 Å². The van der Waals surface area contributed by atoms with E-state index >= 15 is 0 Å². The Bertz CT molecular complexity index is 250. The predicted octanol–water partition coefficient (Wildman–Crippen LogP) is 3.33. The van der Waals surface area contributed by atoms with Gasteiger partial charge in [0, 0.05) is 4.47 Å². The summed E-state index contributed by atoms with van der Waals surface area (Å²) in [5.74, 6) is 0.828. The van der Waals surface area contributed by atoms with Crippen molar-refractivity contribution in [3.8, 4) is 5.75 Å². The Hall–Kier alpha value is -0.210. The number of benzene rings is 1. The van der Waals surface area contributed by atoms with Gasteiger partial charge in [0.25, 0.3) is 0 Å². The van der Waals surface area contributed by atoms with Gasteiger partial charge in [0.05, 0.1) is 0 Å². The minimum absolute atomic E-state index is 0.192. The SMILES string of the molecule is Cc1ccc(Br)cc1OCCl. The van der Waals surface area contributed by atoms with Crippen LogP contribution >= 0.6 is 27.5 Å². The second kappa shape index (κ2) is 3.98. The molecule has 11 heavy (non-hydrogen) atoms. The average molecular weight is 236 g/mol. The highest BCUT2D eigenvalue weighted by atomic mass is 79.9. The van der Waals surface area contributed by atoms with E-state index in [0.29, 0.717) is 0 Å². The third-order valence-electron chi connectivity index (χ3n) is 1.36. The smallest absolute Gasteiger partial charge is 0.162 e. The first kappa shape index (κ1) is 8.88. The molecule has 1 rings (SSSR count). The molecule has 0 amide bonds. The Labute approximate surface area is 79.4 Å². The van der Waals surface area contributed by atoms with Gasteiger partial charge in [-0.3, -0.25) is 0 Å². The molecular weight excluding hydrogens is 227 g/mol. The van der Waals surface area contributed by atoms with E-state index in [-0.39, 0.29) is 6.07 Å². The normalized spacial score (nSPS) is 9.73. The van der Waals surface area contributed by atoms with E-state index in [0.717, 1.165) is 15.8 Å². The molecule has 0 saturated heterocycles. The van der Waals surface area contributed by atoms with E-state index in [2.05, 4.69) is 15.9 Å². The number of alkyl halides is 1. The van der Waals surface area contributed by atoms with Crippen molar-refractivity contribution in [2.24, 2.45) is 0 Å². The summed E-state index contributed by atoms with van der Waals surface area (Å²) in [6, 6.07) is 6.04. The summed E-state index contributed by atoms with van der Waals surface area (Å²) < 4.78 is 6.16. The van der Waals surface area contributed by atoms with Crippen LogP contribution in [0.2, 0.25) is 0 Å². The van der Waals surface area contributed by atoms with Gasteiger partial charge in [-0.15, -0.1) is 0 Å². The number of ether oxygens (including phenoxy) is 1. The number of rotatable bonds is 2. The first-order valence-electron chi connectivity index (χ1n) is 3.19. The second-order valence-corrected chi connectivity index (χ2v) is 3.30. The lowest BCUT2D eigenvalue weighted by atomic mass is 10.2. The maximum Gasteiger partial charge on any atom is 0.162 e. The Balaban J connectivity index is 2.93. The molecule has 0 aliphatic heterocycles. The van der Waals surface area contributed by atoms with Crippen LogP contribution in [0.4, 0.5) is 0 Å². The minimum atomic E-state index is 0.192. The molecule has 0 spiro atoms. The van der Waals surface area contributed by atoms with Gasteiger partial charge in [-0.1, -0.05) is 33.6 Å². The maximum absolute atomic E-state index is 5.42. The zero-order chi connectivity index (χ0) is 8.27. The summed E-state index contributed by atoms with van der Waals surface area (Å²) in [6.45, 7) is 1.98. The van der Waals surface area contributed by atoms with Crippen molar-refractivity contribution in [3.63, 3.8) is 0 Å². The summed E-state index contributed by atoms with van der Waals surface area (Å²) in [5.41, 5.74) is 1.09. The fraction of sp³-hybridized carbons (Fsp3) is 0.250. The third kappa shape index (κ3) is 2.38. The molecule has 0 heterocycles. The lowest BCUT2D eigenvalue weighted by Crippen LogP contribution is -1.91. The molecule has 3 heteroatoms. The summed E-state index contributed by atoms with van der Waals surface area (Å²) >= 11 is 8.77. The lowest BCUT2D eigenvalue weighted by Gasteiger charge is -2.05. The average Bonchev–Trinajstić information content (AvgIpc) is 1.98. The van der Waals surface area contributed by atoms with Gasteiger partial charge in [0.1, 0.15) is 5.75 Å². The van der Waals surface area contributed by atoms with Gasteiger partial charge in [-0.2, -0.15) is 0 Å². The number of hydrogen-bond donors (Lipinski definition) is 0. The number of aryl methyl sites for hydroxylation is 1. The largest absolute Gasteiger partial charge is 0.478 e. The Morgan fingerprint density at radius 3 is 2.91 bits per heavy atom. The van der Waals surface area contributed by atoms with Crippen molar-refractivity contribution >= 4 is 27.5 Å². The molecule has 1 aromatic rings. The summed E-state index contributed by atoms with van der Waals surface area (Å²) in [4.78, 5) is 0. The molecule has 0 saturated carbocycles. The van der Waals surface area contributed by atoms with Crippen molar-refractivity contribution in [2.75, 3.05) is 6.07 Å². The van der Waals surface area contributed by atoms with E-state index in [1.165, 1.54) is 0 Å². The van der Waals surface area contributed by atoms with Crippen LogP contribution in [0.5, 0.6) is 5.75 Å². The zero-order valence-corrected chi connectivity index (χ0v) is 8.45.